The number of nitrogens with one attached hydrogen (secondary N) is 1. The van der Waals surface area contributed by atoms with E-state index < -0.39 is 10.0 Å². The van der Waals surface area contributed by atoms with Crippen LogP contribution in [0.5, 0.6) is 5.75 Å². The van der Waals surface area contributed by atoms with Gasteiger partial charge in [0.2, 0.25) is 15.9 Å². The monoisotopic (exact) mass is 466 g/mol. The third-order valence-corrected chi connectivity index (χ3v) is 7.05. The van der Waals surface area contributed by atoms with Crippen LogP contribution in [0, 0.1) is 0 Å². The fourth-order valence-electron chi connectivity index (χ4n) is 3.48. The molecule has 6 nitrogen and oxygen atoms in total. The molecular weight excluding hydrogens is 436 g/mol. The molecule has 0 radical (unpaired) electrons. The second-order valence-corrected chi connectivity index (χ2v) is 9.71. The van der Waals surface area contributed by atoms with Crippen molar-refractivity contribution in [2.45, 2.75) is 37.2 Å². The molecule has 1 amide bonds. The van der Waals surface area contributed by atoms with Crippen LogP contribution in [0.25, 0.3) is 0 Å². The van der Waals surface area contributed by atoms with Crippen LogP contribution in [-0.4, -0.2) is 33.4 Å². The second-order valence-electron chi connectivity index (χ2n) is 8.00. The standard InChI is InChI=1S/C26H30N2O4S/c1-20(23-7-5-4-6-8-23)27-33(30,31)25-16-11-21(12-17-25)13-18-26(29)28(2)19-22-9-14-24(32-3)15-10-22/h4-12,14-17,20,27H,13,18-19H2,1-3H3/t20-/m0/s1. The molecule has 174 valence electrons. The van der Waals surface area contributed by atoms with Crippen LogP contribution >= 0.6 is 0 Å². The van der Waals surface area contributed by atoms with Gasteiger partial charge in [0.15, 0.2) is 0 Å². The number of sulfonamides is 1. The summed E-state index contributed by atoms with van der Waals surface area (Å²) in [6.07, 6.45) is 0.891. The zero-order chi connectivity index (χ0) is 23.8. The Morgan fingerprint density at radius 1 is 0.939 bits per heavy atom. The van der Waals surface area contributed by atoms with E-state index in [9.17, 15) is 13.2 Å². The Morgan fingerprint density at radius 2 is 1.55 bits per heavy atom. The highest BCUT2D eigenvalue weighted by Gasteiger charge is 2.18. The van der Waals surface area contributed by atoms with Gasteiger partial charge in [-0.05, 0) is 54.3 Å². The lowest BCUT2D eigenvalue weighted by molar-refractivity contribution is -0.130. The third kappa shape index (κ3) is 6.91. The molecule has 0 saturated carbocycles. The van der Waals surface area contributed by atoms with E-state index in [2.05, 4.69) is 4.72 Å². The van der Waals surface area contributed by atoms with Gasteiger partial charge in [0.25, 0.3) is 0 Å². The molecule has 0 unspecified atom stereocenters. The molecule has 3 aromatic rings. The molecule has 7 heteroatoms. The first-order valence-corrected chi connectivity index (χ1v) is 12.3. The molecule has 0 heterocycles. The van der Waals surface area contributed by atoms with Gasteiger partial charge < -0.3 is 9.64 Å². The number of hydrogen-bond donors (Lipinski definition) is 1. The van der Waals surface area contributed by atoms with Crippen molar-refractivity contribution in [1.82, 2.24) is 9.62 Å². The first kappa shape index (κ1) is 24.5. The number of hydrogen-bond acceptors (Lipinski definition) is 4. The molecule has 0 aliphatic heterocycles. The molecule has 0 spiro atoms. The van der Waals surface area contributed by atoms with Crippen LogP contribution in [0.4, 0.5) is 0 Å². The van der Waals surface area contributed by atoms with E-state index in [0.717, 1.165) is 22.4 Å². The van der Waals surface area contributed by atoms with Crippen molar-refractivity contribution in [1.29, 1.82) is 0 Å². The van der Waals surface area contributed by atoms with Gasteiger partial charge in [-0.15, -0.1) is 0 Å². The lowest BCUT2D eigenvalue weighted by atomic mass is 10.1. The van der Waals surface area contributed by atoms with E-state index in [1.54, 1.807) is 43.3 Å². The van der Waals surface area contributed by atoms with Gasteiger partial charge in [0, 0.05) is 26.1 Å². The van der Waals surface area contributed by atoms with Crippen molar-refractivity contribution in [2.75, 3.05) is 14.2 Å². The molecule has 0 aromatic heterocycles. The molecule has 0 bridgehead atoms. The summed E-state index contributed by atoms with van der Waals surface area (Å²) in [5, 5.41) is 0. The van der Waals surface area contributed by atoms with Crippen molar-refractivity contribution < 1.29 is 17.9 Å². The van der Waals surface area contributed by atoms with Crippen LogP contribution in [0.2, 0.25) is 0 Å². The quantitative estimate of drug-likeness (QED) is 0.483. The Kier molecular flexibility index (Phi) is 8.25. The van der Waals surface area contributed by atoms with Crippen molar-refractivity contribution in [2.24, 2.45) is 0 Å². The summed E-state index contributed by atoms with van der Waals surface area (Å²) in [6, 6.07) is 23.4. The molecule has 1 N–H and O–H groups in total. The van der Waals surface area contributed by atoms with E-state index in [1.807, 2.05) is 61.5 Å². The molecule has 0 aliphatic rings. The van der Waals surface area contributed by atoms with Crippen molar-refractivity contribution in [3.63, 3.8) is 0 Å². The predicted molar refractivity (Wildman–Crippen MR) is 129 cm³/mol. The molecule has 0 aliphatic carbocycles. The van der Waals surface area contributed by atoms with Crippen LogP contribution in [0.1, 0.15) is 36.1 Å². The number of aryl methyl sites for hydroxylation is 1. The topological polar surface area (TPSA) is 75.7 Å². The Balaban J connectivity index is 1.53. The Morgan fingerprint density at radius 3 is 2.15 bits per heavy atom. The summed E-state index contributed by atoms with van der Waals surface area (Å²) >= 11 is 0. The zero-order valence-electron chi connectivity index (χ0n) is 19.2. The van der Waals surface area contributed by atoms with E-state index in [-0.39, 0.29) is 16.8 Å². The van der Waals surface area contributed by atoms with Crippen molar-refractivity contribution >= 4 is 15.9 Å². The Hall–Kier alpha value is -3.16. The van der Waals surface area contributed by atoms with E-state index >= 15 is 0 Å². The summed E-state index contributed by atoms with van der Waals surface area (Å²) in [5.74, 6) is 0.809. The largest absolute Gasteiger partial charge is 0.497 e. The highest BCUT2D eigenvalue weighted by atomic mass is 32.2. The smallest absolute Gasteiger partial charge is 0.241 e. The fourth-order valence-corrected chi connectivity index (χ4v) is 4.71. The summed E-state index contributed by atoms with van der Waals surface area (Å²) in [4.78, 5) is 14.4. The van der Waals surface area contributed by atoms with Crippen LogP contribution in [0.15, 0.2) is 83.8 Å². The van der Waals surface area contributed by atoms with E-state index in [0.29, 0.717) is 19.4 Å². The lowest BCUT2D eigenvalue weighted by Crippen LogP contribution is -2.27. The molecule has 3 aromatic carbocycles. The number of ether oxygens (including phenoxy) is 1. The van der Waals surface area contributed by atoms with Gasteiger partial charge in [0.1, 0.15) is 5.75 Å². The summed E-state index contributed by atoms with van der Waals surface area (Å²) in [7, 11) is -0.244. The van der Waals surface area contributed by atoms with E-state index in [4.69, 9.17) is 4.74 Å². The number of nitrogens with zero attached hydrogens (tertiary/aromatic N) is 1. The second kappa shape index (κ2) is 11.1. The Labute approximate surface area is 196 Å². The van der Waals surface area contributed by atoms with Gasteiger partial charge in [-0.2, -0.15) is 0 Å². The zero-order valence-corrected chi connectivity index (χ0v) is 20.0. The number of rotatable bonds is 10. The highest BCUT2D eigenvalue weighted by Crippen LogP contribution is 2.18. The molecule has 0 saturated heterocycles. The van der Waals surface area contributed by atoms with Crippen molar-refractivity contribution in [3.8, 4) is 5.75 Å². The first-order valence-electron chi connectivity index (χ1n) is 10.8. The molecule has 33 heavy (non-hydrogen) atoms. The number of methoxy groups -OCH3 is 1. The number of carbonyl (C=O) groups excluding carboxylic acids is 1. The lowest BCUT2D eigenvalue weighted by Gasteiger charge is -2.18. The molecule has 3 rings (SSSR count). The van der Waals surface area contributed by atoms with Crippen LogP contribution < -0.4 is 9.46 Å². The minimum atomic E-state index is -3.64. The minimum absolute atomic E-state index is 0.0286. The van der Waals surface area contributed by atoms with Gasteiger partial charge in [-0.3, -0.25) is 4.79 Å². The number of carbonyl (C=O) groups is 1. The number of benzene rings is 3. The summed E-state index contributed by atoms with van der Waals surface area (Å²) in [5.41, 5.74) is 2.84. The van der Waals surface area contributed by atoms with Gasteiger partial charge in [-0.1, -0.05) is 54.6 Å². The van der Waals surface area contributed by atoms with Crippen LogP contribution in [-0.2, 0) is 27.8 Å². The highest BCUT2D eigenvalue weighted by molar-refractivity contribution is 7.89. The minimum Gasteiger partial charge on any atom is -0.497 e. The maximum Gasteiger partial charge on any atom is 0.241 e. The van der Waals surface area contributed by atoms with E-state index in [1.165, 1.54) is 0 Å². The van der Waals surface area contributed by atoms with Gasteiger partial charge in [-0.25, -0.2) is 13.1 Å². The summed E-state index contributed by atoms with van der Waals surface area (Å²) in [6.45, 7) is 2.33. The van der Waals surface area contributed by atoms with Crippen molar-refractivity contribution in [3.05, 3.63) is 95.6 Å². The molecule has 1 atom stereocenters. The maximum atomic E-state index is 12.7. The van der Waals surface area contributed by atoms with Crippen LogP contribution in [0.3, 0.4) is 0 Å². The normalized spacial score (nSPS) is 12.2. The number of amides is 1. The maximum absolute atomic E-state index is 12.7. The predicted octanol–water partition coefficient (Wildman–Crippen LogP) is 4.33. The average molecular weight is 467 g/mol. The average Bonchev–Trinajstić information content (AvgIpc) is 2.83. The fraction of sp³-hybridized carbons (Fsp3) is 0.269. The molecular formula is C26H30N2O4S. The molecule has 0 fully saturated rings. The van der Waals surface area contributed by atoms with Gasteiger partial charge in [0.05, 0.1) is 12.0 Å². The third-order valence-electron chi connectivity index (χ3n) is 5.50. The van der Waals surface area contributed by atoms with Gasteiger partial charge >= 0.3 is 0 Å². The SMILES string of the molecule is COc1ccc(CN(C)C(=O)CCc2ccc(S(=O)(=O)N[C@@H](C)c3ccccc3)cc2)cc1. The Bertz CT molecular complexity index is 1150. The summed E-state index contributed by atoms with van der Waals surface area (Å²) < 4.78 is 33.3. The first-order chi connectivity index (χ1) is 15.8.